The molecule has 1 aromatic carbocycles. The van der Waals surface area contributed by atoms with Gasteiger partial charge in [-0.15, -0.1) is 0 Å². The number of benzene rings is 1. The lowest BCUT2D eigenvalue weighted by Crippen LogP contribution is -2.07. The van der Waals surface area contributed by atoms with Crippen molar-refractivity contribution in [1.29, 1.82) is 10.5 Å². The van der Waals surface area contributed by atoms with E-state index in [1.165, 1.54) is 25.3 Å². The number of hydrogen-bond donors (Lipinski definition) is 0. The number of nitriles is 2. The van der Waals surface area contributed by atoms with Crippen LogP contribution < -0.4 is 4.74 Å². The summed E-state index contributed by atoms with van der Waals surface area (Å²) < 4.78 is 24.1. The normalized spacial score (nSPS) is 9.42. The van der Waals surface area contributed by atoms with Crippen molar-refractivity contribution in [3.63, 3.8) is 0 Å². The number of methoxy groups -OCH3 is 1. The minimum absolute atomic E-state index is 0.0417. The van der Waals surface area contributed by atoms with Crippen molar-refractivity contribution >= 4 is 5.76 Å². The SMILES string of the molecule is COC(=C(C#N)C#N)c1ccc(OC(C)C)c(F)c1. The Labute approximate surface area is 111 Å². The highest BCUT2D eigenvalue weighted by molar-refractivity contribution is 5.70. The van der Waals surface area contributed by atoms with E-state index in [9.17, 15) is 4.39 Å². The van der Waals surface area contributed by atoms with Crippen LogP contribution in [0.2, 0.25) is 0 Å². The molecule has 0 atom stereocenters. The monoisotopic (exact) mass is 260 g/mol. The number of halogens is 1. The Morgan fingerprint density at radius 2 is 1.89 bits per heavy atom. The molecule has 1 aromatic rings. The number of allylic oxidation sites excluding steroid dienone is 1. The molecule has 5 heteroatoms. The Balaban J connectivity index is 3.25. The van der Waals surface area contributed by atoms with Gasteiger partial charge in [0.05, 0.1) is 13.2 Å². The smallest absolute Gasteiger partial charge is 0.172 e. The number of hydrogen-bond acceptors (Lipinski definition) is 4. The summed E-state index contributed by atoms with van der Waals surface area (Å²) in [6, 6.07) is 7.56. The molecule has 0 saturated carbocycles. The van der Waals surface area contributed by atoms with Gasteiger partial charge in [0.1, 0.15) is 12.1 Å². The van der Waals surface area contributed by atoms with E-state index in [4.69, 9.17) is 20.0 Å². The summed E-state index contributed by atoms with van der Waals surface area (Å²) in [6.45, 7) is 3.58. The zero-order valence-corrected chi connectivity index (χ0v) is 10.9. The second-order valence-electron chi connectivity index (χ2n) is 3.94. The first kappa shape index (κ1) is 14.5. The third-order valence-electron chi connectivity index (χ3n) is 2.21. The average Bonchev–Trinajstić information content (AvgIpc) is 2.38. The summed E-state index contributed by atoms with van der Waals surface area (Å²) in [5, 5.41) is 17.6. The van der Waals surface area contributed by atoms with Crippen molar-refractivity contribution in [3.05, 3.63) is 35.2 Å². The van der Waals surface area contributed by atoms with Crippen LogP contribution in [0.15, 0.2) is 23.8 Å². The van der Waals surface area contributed by atoms with Crippen LogP contribution in [-0.4, -0.2) is 13.2 Å². The first-order chi connectivity index (χ1) is 9.03. The van der Waals surface area contributed by atoms with Crippen LogP contribution in [0.1, 0.15) is 19.4 Å². The lowest BCUT2D eigenvalue weighted by molar-refractivity contribution is 0.231. The summed E-state index contributed by atoms with van der Waals surface area (Å²) in [5.41, 5.74) is 0.105. The molecule has 1 rings (SSSR count). The van der Waals surface area contributed by atoms with Gasteiger partial charge in [-0.25, -0.2) is 4.39 Å². The highest BCUT2D eigenvalue weighted by Gasteiger charge is 2.13. The van der Waals surface area contributed by atoms with E-state index in [-0.39, 0.29) is 23.2 Å². The molecule has 0 heterocycles. The molecular weight excluding hydrogens is 247 g/mol. The van der Waals surface area contributed by atoms with Gasteiger partial charge in [-0.1, -0.05) is 0 Å². The molecule has 0 aliphatic heterocycles. The van der Waals surface area contributed by atoms with Crippen LogP contribution in [0, 0.1) is 28.5 Å². The van der Waals surface area contributed by atoms with Crippen molar-refractivity contribution in [2.75, 3.05) is 7.11 Å². The topological polar surface area (TPSA) is 66.0 Å². The molecule has 0 amide bonds. The molecule has 0 N–H and O–H groups in total. The zero-order valence-electron chi connectivity index (χ0n) is 10.9. The van der Waals surface area contributed by atoms with Gasteiger partial charge in [-0.05, 0) is 32.0 Å². The van der Waals surface area contributed by atoms with Crippen molar-refractivity contribution in [3.8, 4) is 17.9 Å². The van der Waals surface area contributed by atoms with Gasteiger partial charge >= 0.3 is 0 Å². The van der Waals surface area contributed by atoms with E-state index in [1.807, 2.05) is 0 Å². The molecule has 0 bridgehead atoms. The van der Waals surface area contributed by atoms with Gasteiger partial charge in [0.15, 0.2) is 22.9 Å². The van der Waals surface area contributed by atoms with Gasteiger partial charge in [-0.3, -0.25) is 0 Å². The third-order valence-corrected chi connectivity index (χ3v) is 2.21. The summed E-state index contributed by atoms with van der Waals surface area (Å²) in [6.07, 6.45) is -0.147. The average molecular weight is 260 g/mol. The molecule has 0 aromatic heterocycles. The fourth-order valence-electron chi connectivity index (χ4n) is 1.48. The van der Waals surface area contributed by atoms with Crippen LogP contribution in [0.5, 0.6) is 5.75 Å². The van der Waals surface area contributed by atoms with E-state index in [1.54, 1.807) is 26.0 Å². The summed E-state index contributed by atoms with van der Waals surface area (Å²) in [7, 11) is 1.32. The predicted octanol–water partition coefficient (Wildman–Crippen LogP) is 3.02. The molecule has 0 aliphatic rings. The first-order valence-electron chi connectivity index (χ1n) is 5.58. The van der Waals surface area contributed by atoms with Gasteiger partial charge in [0.25, 0.3) is 0 Å². The van der Waals surface area contributed by atoms with Crippen LogP contribution >= 0.6 is 0 Å². The largest absolute Gasteiger partial charge is 0.494 e. The maximum atomic E-state index is 13.8. The maximum Gasteiger partial charge on any atom is 0.172 e. The molecule has 0 radical (unpaired) electrons. The van der Waals surface area contributed by atoms with E-state index in [0.717, 1.165) is 0 Å². The van der Waals surface area contributed by atoms with Crippen molar-refractivity contribution in [2.45, 2.75) is 20.0 Å². The quantitative estimate of drug-likeness (QED) is 0.616. The predicted molar refractivity (Wildman–Crippen MR) is 67.3 cm³/mol. The van der Waals surface area contributed by atoms with Gasteiger partial charge < -0.3 is 9.47 Å². The minimum atomic E-state index is -0.573. The molecule has 19 heavy (non-hydrogen) atoms. The maximum absolute atomic E-state index is 13.8. The molecule has 0 saturated heterocycles. The molecule has 0 spiro atoms. The molecular formula is C14H13FN2O2. The van der Waals surface area contributed by atoms with Crippen molar-refractivity contribution in [1.82, 2.24) is 0 Å². The molecule has 0 fully saturated rings. The lowest BCUT2D eigenvalue weighted by Gasteiger charge is -2.12. The summed E-state index contributed by atoms with van der Waals surface area (Å²) >= 11 is 0. The van der Waals surface area contributed by atoms with Crippen LogP contribution in [-0.2, 0) is 4.74 Å². The standard InChI is InChI=1S/C14H13FN2O2/c1-9(2)19-13-5-4-10(6-12(13)15)14(18-3)11(7-16)8-17/h4-6,9H,1-3H3. The van der Waals surface area contributed by atoms with Gasteiger partial charge in [0, 0.05) is 5.56 Å². The first-order valence-corrected chi connectivity index (χ1v) is 5.58. The Bertz CT molecular complexity index is 564. The van der Waals surface area contributed by atoms with Gasteiger partial charge in [0.2, 0.25) is 0 Å². The molecule has 4 nitrogen and oxygen atoms in total. The fourth-order valence-corrected chi connectivity index (χ4v) is 1.48. The Hall–Kier alpha value is -2.53. The highest BCUT2D eigenvalue weighted by atomic mass is 19.1. The lowest BCUT2D eigenvalue weighted by atomic mass is 10.1. The van der Waals surface area contributed by atoms with E-state index < -0.39 is 5.82 Å². The minimum Gasteiger partial charge on any atom is -0.494 e. The Morgan fingerprint density at radius 3 is 2.32 bits per heavy atom. The second kappa shape index (κ2) is 6.42. The zero-order chi connectivity index (χ0) is 14.4. The summed E-state index contributed by atoms with van der Waals surface area (Å²) in [5.74, 6) is -0.416. The Kier molecular flexibility index (Phi) is 4.91. The van der Waals surface area contributed by atoms with Crippen LogP contribution in [0.4, 0.5) is 4.39 Å². The van der Waals surface area contributed by atoms with Crippen LogP contribution in [0.3, 0.4) is 0 Å². The van der Waals surface area contributed by atoms with E-state index >= 15 is 0 Å². The molecule has 98 valence electrons. The molecule has 0 unspecified atom stereocenters. The third kappa shape index (κ3) is 3.46. The summed E-state index contributed by atoms with van der Waals surface area (Å²) in [4.78, 5) is 0. The van der Waals surface area contributed by atoms with Gasteiger partial charge in [-0.2, -0.15) is 10.5 Å². The highest BCUT2D eigenvalue weighted by Crippen LogP contribution is 2.25. The Morgan fingerprint density at radius 1 is 1.26 bits per heavy atom. The number of ether oxygens (including phenoxy) is 2. The van der Waals surface area contributed by atoms with Crippen molar-refractivity contribution in [2.24, 2.45) is 0 Å². The number of rotatable bonds is 4. The fraction of sp³-hybridized carbons (Fsp3) is 0.286. The van der Waals surface area contributed by atoms with E-state index in [2.05, 4.69) is 0 Å². The van der Waals surface area contributed by atoms with Crippen LogP contribution in [0.25, 0.3) is 5.76 Å². The molecule has 0 aliphatic carbocycles. The van der Waals surface area contributed by atoms with Crippen molar-refractivity contribution < 1.29 is 13.9 Å². The second-order valence-corrected chi connectivity index (χ2v) is 3.94. The van der Waals surface area contributed by atoms with E-state index in [0.29, 0.717) is 5.56 Å². The number of nitrogens with zero attached hydrogens (tertiary/aromatic N) is 2.